The number of esters is 1. The van der Waals surface area contributed by atoms with Crippen LogP contribution in [0.4, 0.5) is 0 Å². The average molecular weight is 447 g/mol. The molecule has 1 aliphatic heterocycles. The summed E-state index contributed by atoms with van der Waals surface area (Å²) in [6, 6.07) is 7.09. The molecule has 1 saturated heterocycles. The molecule has 1 aliphatic rings. The number of carbonyl (C=O) groups is 4. The van der Waals surface area contributed by atoms with Gasteiger partial charge < -0.3 is 26.0 Å². The van der Waals surface area contributed by atoms with Gasteiger partial charge in [-0.2, -0.15) is 0 Å². The molecule has 1 fully saturated rings. The number of piperazine rings is 1. The lowest BCUT2D eigenvalue weighted by Gasteiger charge is -2.37. The molecule has 2 rings (SSSR count). The SMILES string of the molecule is C[C@@H]1NCCN([C@@H](Cc2ccccc2)C(=O)N[C@@H](CCC(N)=O)C(=O)OC(C)(C)C)C1=O. The van der Waals surface area contributed by atoms with E-state index < -0.39 is 41.5 Å². The van der Waals surface area contributed by atoms with Crippen LogP contribution in [0.1, 0.15) is 46.1 Å². The second-order valence-electron chi connectivity index (χ2n) is 9.01. The van der Waals surface area contributed by atoms with Gasteiger partial charge in [-0.25, -0.2) is 4.79 Å². The number of ether oxygens (including phenoxy) is 1. The van der Waals surface area contributed by atoms with Crippen LogP contribution in [0.25, 0.3) is 0 Å². The van der Waals surface area contributed by atoms with Gasteiger partial charge in [0, 0.05) is 25.9 Å². The normalized spacial score (nSPS) is 18.6. The standard InChI is InChI=1S/C23H34N4O5/c1-15-21(30)27(13-12-25-15)18(14-16-8-6-5-7-9-16)20(29)26-17(10-11-19(24)28)22(31)32-23(2,3)4/h5-9,15,17-18,25H,10-14H2,1-4H3,(H2,24,28)(H,26,29)/t15-,17-,18-/m0/s1. The van der Waals surface area contributed by atoms with Crippen molar-refractivity contribution in [1.82, 2.24) is 15.5 Å². The average Bonchev–Trinajstić information content (AvgIpc) is 2.70. The van der Waals surface area contributed by atoms with Crippen molar-refractivity contribution in [3.05, 3.63) is 35.9 Å². The molecule has 3 amide bonds. The van der Waals surface area contributed by atoms with E-state index >= 15 is 0 Å². The van der Waals surface area contributed by atoms with Crippen LogP contribution in [0, 0.1) is 0 Å². The zero-order valence-electron chi connectivity index (χ0n) is 19.2. The fourth-order valence-electron chi connectivity index (χ4n) is 3.52. The van der Waals surface area contributed by atoms with Gasteiger partial charge in [0.2, 0.25) is 17.7 Å². The van der Waals surface area contributed by atoms with Gasteiger partial charge in [0.25, 0.3) is 0 Å². The van der Waals surface area contributed by atoms with Crippen molar-refractivity contribution in [2.24, 2.45) is 5.73 Å². The minimum atomic E-state index is -1.05. The molecule has 9 heteroatoms. The van der Waals surface area contributed by atoms with E-state index in [1.807, 2.05) is 30.3 Å². The summed E-state index contributed by atoms with van der Waals surface area (Å²) < 4.78 is 5.42. The van der Waals surface area contributed by atoms with Crippen LogP contribution in [-0.4, -0.2) is 65.4 Å². The molecular weight excluding hydrogens is 412 g/mol. The van der Waals surface area contributed by atoms with Gasteiger partial charge >= 0.3 is 5.97 Å². The van der Waals surface area contributed by atoms with Crippen LogP contribution in [0.2, 0.25) is 0 Å². The number of hydrogen-bond acceptors (Lipinski definition) is 6. The van der Waals surface area contributed by atoms with Crippen LogP contribution in [0.5, 0.6) is 0 Å². The fraction of sp³-hybridized carbons (Fsp3) is 0.565. The number of nitrogens with one attached hydrogen (secondary N) is 2. The van der Waals surface area contributed by atoms with E-state index in [1.54, 1.807) is 32.6 Å². The lowest BCUT2D eigenvalue weighted by atomic mass is 10.0. The van der Waals surface area contributed by atoms with Crippen molar-refractivity contribution in [2.45, 2.75) is 70.7 Å². The van der Waals surface area contributed by atoms with Crippen molar-refractivity contribution in [2.75, 3.05) is 13.1 Å². The van der Waals surface area contributed by atoms with Gasteiger partial charge in [-0.05, 0) is 39.7 Å². The first kappa shape index (κ1) is 25.3. The molecule has 0 radical (unpaired) electrons. The Labute approximate surface area is 189 Å². The van der Waals surface area contributed by atoms with E-state index in [1.165, 1.54) is 0 Å². The fourth-order valence-corrected chi connectivity index (χ4v) is 3.52. The maximum absolute atomic E-state index is 13.4. The molecule has 0 aliphatic carbocycles. The van der Waals surface area contributed by atoms with Crippen LogP contribution in [0.15, 0.2) is 30.3 Å². The van der Waals surface area contributed by atoms with Crippen molar-refractivity contribution in [1.29, 1.82) is 0 Å². The quantitative estimate of drug-likeness (QED) is 0.474. The number of amides is 3. The number of nitrogens with zero attached hydrogens (tertiary/aromatic N) is 1. The van der Waals surface area contributed by atoms with Crippen molar-refractivity contribution >= 4 is 23.7 Å². The Morgan fingerprint density at radius 3 is 2.50 bits per heavy atom. The summed E-state index contributed by atoms with van der Waals surface area (Å²) in [5.74, 6) is -1.89. The summed E-state index contributed by atoms with van der Waals surface area (Å²) in [6.07, 6.45) is 0.221. The van der Waals surface area contributed by atoms with Gasteiger partial charge in [-0.3, -0.25) is 14.4 Å². The molecule has 1 heterocycles. The molecule has 176 valence electrons. The third-order valence-electron chi connectivity index (χ3n) is 5.09. The molecule has 9 nitrogen and oxygen atoms in total. The Morgan fingerprint density at radius 1 is 1.25 bits per heavy atom. The molecule has 0 aromatic heterocycles. The lowest BCUT2D eigenvalue weighted by Crippen LogP contribution is -2.62. The Kier molecular flexibility index (Phi) is 8.77. The third-order valence-corrected chi connectivity index (χ3v) is 5.09. The summed E-state index contributed by atoms with van der Waals surface area (Å²) >= 11 is 0. The van der Waals surface area contributed by atoms with Crippen LogP contribution in [-0.2, 0) is 30.3 Å². The number of carbonyl (C=O) groups excluding carboxylic acids is 4. The first-order chi connectivity index (χ1) is 15.0. The zero-order chi connectivity index (χ0) is 23.9. The van der Waals surface area contributed by atoms with E-state index in [4.69, 9.17) is 10.5 Å². The third kappa shape index (κ3) is 7.64. The summed E-state index contributed by atoms with van der Waals surface area (Å²) in [7, 11) is 0. The molecule has 1 aromatic carbocycles. The molecule has 32 heavy (non-hydrogen) atoms. The Morgan fingerprint density at radius 2 is 1.91 bits per heavy atom. The summed E-state index contributed by atoms with van der Waals surface area (Å²) in [4.78, 5) is 51.7. The molecule has 0 bridgehead atoms. The van der Waals surface area contributed by atoms with Crippen molar-refractivity contribution in [3.8, 4) is 0 Å². The predicted molar refractivity (Wildman–Crippen MR) is 119 cm³/mol. The Hall–Kier alpha value is -2.94. The molecule has 0 spiro atoms. The number of nitrogens with two attached hydrogens (primary N) is 1. The molecule has 0 saturated carbocycles. The maximum Gasteiger partial charge on any atom is 0.329 e. The highest BCUT2D eigenvalue weighted by atomic mass is 16.6. The van der Waals surface area contributed by atoms with Crippen LogP contribution >= 0.6 is 0 Å². The van der Waals surface area contributed by atoms with Gasteiger partial charge in [0.05, 0.1) is 6.04 Å². The first-order valence-corrected chi connectivity index (χ1v) is 10.9. The van der Waals surface area contributed by atoms with E-state index in [2.05, 4.69) is 10.6 Å². The maximum atomic E-state index is 13.4. The molecule has 1 aromatic rings. The highest BCUT2D eigenvalue weighted by Crippen LogP contribution is 2.15. The van der Waals surface area contributed by atoms with Gasteiger partial charge in [-0.1, -0.05) is 30.3 Å². The highest BCUT2D eigenvalue weighted by molar-refractivity contribution is 5.92. The van der Waals surface area contributed by atoms with Crippen molar-refractivity contribution < 1.29 is 23.9 Å². The first-order valence-electron chi connectivity index (χ1n) is 10.9. The summed E-state index contributed by atoms with van der Waals surface area (Å²) in [6.45, 7) is 7.84. The smallest absolute Gasteiger partial charge is 0.329 e. The van der Waals surface area contributed by atoms with Gasteiger partial charge in [0.15, 0.2) is 0 Å². The van der Waals surface area contributed by atoms with Crippen molar-refractivity contribution in [3.63, 3.8) is 0 Å². The summed E-state index contributed by atoms with van der Waals surface area (Å²) in [5.41, 5.74) is 5.37. The minimum Gasteiger partial charge on any atom is -0.458 e. The molecule has 0 unspecified atom stereocenters. The zero-order valence-corrected chi connectivity index (χ0v) is 19.2. The van der Waals surface area contributed by atoms with E-state index in [-0.39, 0.29) is 18.7 Å². The number of primary amides is 1. The highest BCUT2D eigenvalue weighted by Gasteiger charge is 2.37. The topological polar surface area (TPSA) is 131 Å². The molecule has 4 N–H and O–H groups in total. The van der Waals surface area contributed by atoms with Crippen LogP contribution < -0.4 is 16.4 Å². The Balaban J connectivity index is 2.26. The van der Waals surface area contributed by atoms with E-state index in [9.17, 15) is 19.2 Å². The second kappa shape index (κ2) is 11.1. The predicted octanol–water partition coefficient (Wildman–Crippen LogP) is 0.510. The number of benzene rings is 1. The van der Waals surface area contributed by atoms with Gasteiger partial charge in [-0.15, -0.1) is 0 Å². The largest absolute Gasteiger partial charge is 0.458 e. The van der Waals surface area contributed by atoms with E-state index in [0.717, 1.165) is 5.56 Å². The molecule has 3 atom stereocenters. The van der Waals surface area contributed by atoms with Gasteiger partial charge in [0.1, 0.15) is 17.7 Å². The number of rotatable bonds is 9. The number of hydrogen-bond donors (Lipinski definition) is 3. The minimum absolute atomic E-state index is 0.0138. The molecular formula is C23H34N4O5. The lowest BCUT2D eigenvalue weighted by molar-refractivity contribution is -0.159. The van der Waals surface area contributed by atoms with E-state index in [0.29, 0.717) is 19.5 Å². The Bertz CT molecular complexity index is 821. The van der Waals surface area contributed by atoms with Crippen LogP contribution in [0.3, 0.4) is 0 Å². The summed E-state index contributed by atoms with van der Waals surface area (Å²) in [5, 5.41) is 5.80. The monoisotopic (exact) mass is 446 g/mol. The second-order valence-corrected chi connectivity index (χ2v) is 9.01.